The molecule has 58 valence electrons. The highest BCUT2D eigenvalue weighted by atomic mass is 16.2. The maximum absolute atomic E-state index is 11.1. The molecule has 1 heterocycles. The SMILES string of the molecule is CN1C(=O)CNCC1(C)C. The summed E-state index contributed by atoms with van der Waals surface area (Å²) in [6.45, 7) is 5.48. The Hall–Kier alpha value is -0.570. The van der Waals surface area contributed by atoms with E-state index < -0.39 is 0 Å². The molecule has 1 rings (SSSR count). The first-order chi connectivity index (χ1) is 4.54. The standard InChI is InChI=1S/C7H14N2O/c1-7(2)5-8-4-6(10)9(7)3/h8H,4-5H2,1-3H3. The number of nitrogens with zero attached hydrogens (tertiary/aromatic N) is 1. The molecule has 1 saturated heterocycles. The van der Waals surface area contributed by atoms with Crippen molar-refractivity contribution in [2.24, 2.45) is 0 Å². The van der Waals surface area contributed by atoms with Crippen LogP contribution in [-0.2, 0) is 4.79 Å². The number of hydrogen-bond acceptors (Lipinski definition) is 2. The molecule has 0 unspecified atom stereocenters. The van der Waals surface area contributed by atoms with E-state index >= 15 is 0 Å². The van der Waals surface area contributed by atoms with Crippen LogP contribution in [-0.4, -0.2) is 36.5 Å². The van der Waals surface area contributed by atoms with Gasteiger partial charge in [-0.2, -0.15) is 0 Å². The second kappa shape index (κ2) is 2.23. The minimum atomic E-state index is -0.0185. The highest BCUT2D eigenvalue weighted by Gasteiger charge is 2.30. The molecule has 0 atom stereocenters. The second-order valence-electron chi connectivity index (χ2n) is 3.37. The number of amides is 1. The fourth-order valence-corrected chi connectivity index (χ4v) is 1.05. The number of hydrogen-bond donors (Lipinski definition) is 1. The van der Waals surface area contributed by atoms with E-state index in [4.69, 9.17) is 0 Å². The van der Waals surface area contributed by atoms with Gasteiger partial charge in [-0.25, -0.2) is 0 Å². The molecule has 0 saturated carbocycles. The molecule has 3 heteroatoms. The largest absolute Gasteiger partial charge is 0.338 e. The van der Waals surface area contributed by atoms with Crippen LogP contribution in [0.2, 0.25) is 0 Å². The highest BCUT2D eigenvalue weighted by Crippen LogP contribution is 2.13. The first-order valence-electron chi connectivity index (χ1n) is 3.51. The van der Waals surface area contributed by atoms with Crippen molar-refractivity contribution < 1.29 is 4.79 Å². The molecule has 1 fully saturated rings. The Morgan fingerprint density at radius 1 is 1.60 bits per heavy atom. The lowest BCUT2D eigenvalue weighted by molar-refractivity contribution is -0.136. The molecule has 1 aliphatic heterocycles. The third kappa shape index (κ3) is 1.14. The van der Waals surface area contributed by atoms with Gasteiger partial charge in [0.25, 0.3) is 0 Å². The fraction of sp³-hybridized carbons (Fsp3) is 0.857. The van der Waals surface area contributed by atoms with Crippen molar-refractivity contribution in [3.05, 3.63) is 0 Å². The van der Waals surface area contributed by atoms with E-state index in [1.165, 1.54) is 0 Å². The number of rotatable bonds is 0. The molecule has 0 aromatic carbocycles. The second-order valence-corrected chi connectivity index (χ2v) is 3.37. The summed E-state index contributed by atoms with van der Waals surface area (Å²) in [6, 6.07) is 0. The van der Waals surface area contributed by atoms with Gasteiger partial charge < -0.3 is 10.2 Å². The summed E-state index contributed by atoms with van der Waals surface area (Å²) in [5.41, 5.74) is -0.0185. The number of carbonyl (C=O) groups is 1. The molecule has 0 aromatic heterocycles. The van der Waals surface area contributed by atoms with Crippen LogP contribution in [0.3, 0.4) is 0 Å². The average molecular weight is 142 g/mol. The summed E-state index contributed by atoms with van der Waals surface area (Å²) < 4.78 is 0. The van der Waals surface area contributed by atoms with E-state index in [1.807, 2.05) is 7.05 Å². The summed E-state index contributed by atoms with van der Waals surface area (Å²) in [4.78, 5) is 12.9. The van der Waals surface area contributed by atoms with Crippen molar-refractivity contribution in [2.75, 3.05) is 20.1 Å². The topological polar surface area (TPSA) is 32.3 Å². The van der Waals surface area contributed by atoms with Gasteiger partial charge >= 0.3 is 0 Å². The van der Waals surface area contributed by atoms with Gasteiger partial charge in [-0.15, -0.1) is 0 Å². The predicted octanol–water partition coefficient (Wildman–Crippen LogP) is -0.173. The van der Waals surface area contributed by atoms with Crippen molar-refractivity contribution in [1.82, 2.24) is 10.2 Å². The van der Waals surface area contributed by atoms with Gasteiger partial charge in [-0.1, -0.05) is 0 Å². The van der Waals surface area contributed by atoms with Gasteiger partial charge in [0.05, 0.1) is 6.54 Å². The van der Waals surface area contributed by atoms with Gasteiger partial charge in [0, 0.05) is 19.1 Å². The van der Waals surface area contributed by atoms with Crippen LogP contribution in [0, 0.1) is 0 Å². The average Bonchev–Trinajstić information content (AvgIpc) is 1.83. The Morgan fingerprint density at radius 2 is 2.20 bits per heavy atom. The lowest BCUT2D eigenvalue weighted by Crippen LogP contribution is -2.59. The Balaban J connectivity index is 2.69. The Kier molecular flexibility index (Phi) is 1.68. The van der Waals surface area contributed by atoms with Crippen molar-refractivity contribution in [3.63, 3.8) is 0 Å². The van der Waals surface area contributed by atoms with E-state index in [9.17, 15) is 4.79 Å². The van der Waals surface area contributed by atoms with Crippen LogP contribution in [0.15, 0.2) is 0 Å². The van der Waals surface area contributed by atoms with Gasteiger partial charge in [0.15, 0.2) is 0 Å². The van der Waals surface area contributed by atoms with Gasteiger partial charge in [-0.05, 0) is 13.8 Å². The Labute approximate surface area is 61.4 Å². The summed E-state index contributed by atoms with van der Waals surface area (Å²) in [6.07, 6.45) is 0. The number of piperazine rings is 1. The molecule has 0 radical (unpaired) electrons. The van der Waals surface area contributed by atoms with E-state index in [1.54, 1.807) is 4.90 Å². The number of likely N-dealkylation sites (N-methyl/N-ethyl adjacent to an activating group) is 1. The maximum Gasteiger partial charge on any atom is 0.236 e. The van der Waals surface area contributed by atoms with Crippen molar-refractivity contribution in [3.8, 4) is 0 Å². The molecule has 3 nitrogen and oxygen atoms in total. The van der Waals surface area contributed by atoms with E-state index in [0.29, 0.717) is 6.54 Å². The monoisotopic (exact) mass is 142 g/mol. The van der Waals surface area contributed by atoms with Crippen LogP contribution >= 0.6 is 0 Å². The van der Waals surface area contributed by atoms with Crippen LogP contribution in [0.4, 0.5) is 0 Å². The lowest BCUT2D eigenvalue weighted by atomic mass is 10.0. The zero-order chi connectivity index (χ0) is 7.78. The van der Waals surface area contributed by atoms with E-state index in [0.717, 1.165) is 6.54 Å². The molecule has 0 bridgehead atoms. The Morgan fingerprint density at radius 3 is 2.60 bits per heavy atom. The first kappa shape index (κ1) is 7.54. The molecule has 10 heavy (non-hydrogen) atoms. The molecule has 0 spiro atoms. The number of carbonyl (C=O) groups excluding carboxylic acids is 1. The minimum absolute atomic E-state index is 0.0185. The zero-order valence-corrected chi connectivity index (χ0v) is 6.77. The molecular weight excluding hydrogens is 128 g/mol. The third-order valence-electron chi connectivity index (χ3n) is 2.12. The van der Waals surface area contributed by atoms with Crippen LogP contribution in [0.1, 0.15) is 13.8 Å². The molecule has 1 N–H and O–H groups in total. The van der Waals surface area contributed by atoms with Gasteiger partial charge in [0.1, 0.15) is 0 Å². The van der Waals surface area contributed by atoms with E-state index in [-0.39, 0.29) is 11.4 Å². The molecule has 0 aromatic rings. The van der Waals surface area contributed by atoms with Crippen molar-refractivity contribution >= 4 is 5.91 Å². The van der Waals surface area contributed by atoms with Crippen molar-refractivity contribution in [2.45, 2.75) is 19.4 Å². The van der Waals surface area contributed by atoms with Gasteiger partial charge in [0.2, 0.25) is 5.91 Å². The first-order valence-corrected chi connectivity index (χ1v) is 3.51. The van der Waals surface area contributed by atoms with Crippen LogP contribution in [0.25, 0.3) is 0 Å². The zero-order valence-electron chi connectivity index (χ0n) is 6.77. The summed E-state index contributed by atoms with van der Waals surface area (Å²) in [7, 11) is 1.85. The normalized spacial score (nSPS) is 25.1. The quantitative estimate of drug-likeness (QED) is 0.509. The third-order valence-corrected chi connectivity index (χ3v) is 2.12. The van der Waals surface area contributed by atoms with E-state index in [2.05, 4.69) is 19.2 Å². The smallest absolute Gasteiger partial charge is 0.236 e. The molecule has 0 aliphatic carbocycles. The van der Waals surface area contributed by atoms with Crippen LogP contribution in [0.5, 0.6) is 0 Å². The number of nitrogens with one attached hydrogen (secondary N) is 1. The molecular formula is C7H14N2O. The molecule has 1 amide bonds. The summed E-state index contributed by atoms with van der Waals surface area (Å²) in [5, 5.41) is 3.06. The lowest BCUT2D eigenvalue weighted by Gasteiger charge is -2.39. The molecule has 1 aliphatic rings. The van der Waals surface area contributed by atoms with Crippen LogP contribution < -0.4 is 5.32 Å². The maximum atomic E-state index is 11.1. The summed E-state index contributed by atoms with van der Waals surface area (Å²) in [5.74, 6) is 0.177. The fourth-order valence-electron chi connectivity index (χ4n) is 1.05. The summed E-state index contributed by atoms with van der Waals surface area (Å²) >= 11 is 0. The minimum Gasteiger partial charge on any atom is -0.338 e. The Bertz CT molecular complexity index is 154. The highest BCUT2D eigenvalue weighted by molar-refractivity contribution is 5.79. The predicted molar refractivity (Wildman–Crippen MR) is 39.7 cm³/mol. The van der Waals surface area contributed by atoms with Gasteiger partial charge in [-0.3, -0.25) is 4.79 Å². The van der Waals surface area contributed by atoms with Crippen molar-refractivity contribution in [1.29, 1.82) is 0 Å².